The van der Waals surface area contributed by atoms with Gasteiger partial charge in [-0.1, -0.05) is 36.4 Å². The number of carbonyl (C=O) groups excluding carboxylic acids is 1. The molecule has 3 fully saturated rings. The SMILES string of the molecule is O=C(OCc1ccccc1)N1CC2(CO)CC(c3cccs3)(C1)C2. The number of rotatable bonds is 4. The Balaban J connectivity index is 1.46. The normalized spacial score (nSPS) is 28.3. The number of carbonyl (C=O) groups is 1. The number of aliphatic hydroxyl groups is 1. The van der Waals surface area contributed by atoms with Crippen molar-refractivity contribution in [2.45, 2.75) is 24.9 Å². The van der Waals surface area contributed by atoms with Gasteiger partial charge in [-0.2, -0.15) is 0 Å². The lowest BCUT2D eigenvalue weighted by Gasteiger charge is -2.62. The third-order valence-electron chi connectivity index (χ3n) is 5.29. The van der Waals surface area contributed by atoms with Crippen LogP contribution in [0.3, 0.4) is 0 Å². The summed E-state index contributed by atoms with van der Waals surface area (Å²) in [5, 5.41) is 11.9. The van der Waals surface area contributed by atoms with E-state index < -0.39 is 0 Å². The second-order valence-corrected chi connectivity index (χ2v) is 8.11. The maximum Gasteiger partial charge on any atom is 0.410 e. The van der Waals surface area contributed by atoms with Crippen molar-refractivity contribution in [1.29, 1.82) is 0 Å². The average molecular weight is 343 g/mol. The van der Waals surface area contributed by atoms with Crippen molar-refractivity contribution < 1.29 is 14.6 Å². The Labute approximate surface area is 145 Å². The Bertz CT molecular complexity index is 707. The summed E-state index contributed by atoms with van der Waals surface area (Å²) in [5.74, 6) is 0. The number of benzene rings is 1. The van der Waals surface area contributed by atoms with Gasteiger partial charge in [-0.25, -0.2) is 4.79 Å². The maximum absolute atomic E-state index is 12.5. The number of amides is 1. The van der Waals surface area contributed by atoms with Crippen molar-refractivity contribution in [3.63, 3.8) is 0 Å². The van der Waals surface area contributed by atoms with Crippen LogP contribution in [0.4, 0.5) is 4.79 Å². The van der Waals surface area contributed by atoms with E-state index >= 15 is 0 Å². The van der Waals surface area contributed by atoms with E-state index in [2.05, 4.69) is 17.5 Å². The fourth-order valence-corrected chi connectivity index (χ4v) is 5.29. The van der Waals surface area contributed by atoms with Crippen LogP contribution in [0.15, 0.2) is 47.8 Å². The summed E-state index contributed by atoms with van der Waals surface area (Å²) in [6.07, 6.45) is 1.64. The molecular weight excluding hydrogens is 322 g/mol. The molecule has 2 saturated heterocycles. The first kappa shape index (κ1) is 15.7. The van der Waals surface area contributed by atoms with Gasteiger partial charge in [-0.3, -0.25) is 0 Å². The van der Waals surface area contributed by atoms with E-state index in [1.807, 2.05) is 30.3 Å². The van der Waals surface area contributed by atoms with Crippen LogP contribution in [0.1, 0.15) is 23.3 Å². The molecule has 0 atom stereocenters. The number of fused-ring (bicyclic) bond motifs is 2. The largest absolute Gasteiger partial charge is 0.445 e. The molecule has 3 heterocycles. The Morgan fingerprint density at radius 3 is 2.62 bits per heavy atom. The van der Waals surface area contributed by atoms with E-state index in [9.17, 15) is 9.90 Å². The van der Waals surface area contributed by atoms with Gasteiger partial charge in [0.1, 0.15) is 6.61 Å². The minimum atomic E-state index is -0.281. The summed E-state index contributed by atoms with van der Waals surface area (Å²) >= 11 is 1.74. The van der Waals surface area contributed by atoms with Gasteiger partial charge in [-0.15, -0.1) is 11.3 Å². The fraction of sp³-hybridized carbons (Fsp3) is 0.421. The van der Waals surface area contributed by atoms with Crippen molar-refractivity contribution in [3.8, 4) is 0 Å². The summed E-state index contributed by atoms with van der Waals surface area (Å²) in [5.41, 5.74) is 0.826. The predicted octanol–water partition coefficient (Wildman–Crippen LogP) is 3.41. The zero-order valence-electron chi connectivity index (χ0n) is 13.5. The fourth-order valence-electron chi connectivity index (χ4n) is 4.37. The number of hydrogen-bond donors (Lipinski definition) is 1. The summed E-state index contributed by atoms with van der Waals surface area (Å²) in [7, 11) is 0. The van der Waals surface area contributed by atoms with Gasteiger partial charge in [0, 0.05) is 28.8 Å². The highest BCUT2D eigenvalue weighted by Crippen LogP contribution is 2.60. The van der Waals surface area contributed by atoms with Crippen LogP contribution < -0.4 is 0 Å². The molecule has 3 aliphatic rings. The van der Waals surface area contributed by atoms with Crippen LogP contribution in [0.25, 0.3) is 0 Å². The highest BCUT2D eigenvalue weighted by atomic mass is 32.1. The molecule has 0 spiro atoms. The molecule has 1 aliphatic carbocycles. The molecule has 24 heavy (non-hydrogen) atoms. The van der Waals surface area contributed by atoms with E-state index in [4.69, 9.17) is 4.74 Å². The van der Waals surface area contributed by atoms with Crippen LogP contribution in [-0.4, -0.2) is 35.8 Å². The van der Waals surface area contributed by atoms with Crippen LogP contribution in [0, 0.1) is 5.41 Å². The molecule has 1 aromatic heterocycles. The Kier molecular flexibility index (Phi) is 3.85. The van der Waals surface area contributed by atoms with E-state index in [0.717, 1.165) is 18.4 Å². The first-order valence-corrected chi connectivity index (χ1v) is 9.13. The van der Waals surface area contributed by atoms with Gasteiger partial charge in [0.2, 0.25) is 0 Å². The summed E-state index contributed by atoms with van der Waals surface area (Å²) < 4.78 is 5.50. The molecule has 2 bridgehead atoms. The third kappa shape index (κ3) is 2.62. The molecule has 1 amide bonds. The van der Waals surface area contributed by atoms with Crippen molar-refractivity contribution in [2.75, 3.05) is 19.7 Å². The van der Waals surface area contributed by atoms with Gasteiger partial charge in [0.15, 0.2) is 0 Å². The summed E-state index contributed by atoms with van der Waals surface area (Å²) in [4.78, 5) is 15.6. The van der Waals surface area contributed by atoms with E-state index in [0.29, 0.717) is 13.1 Å². The van der Waals surface area contributed by atoms with Gasteiger partial charge in [-0.05, 0) is 29.9 Å². The second-order valence-electron chi connectivity index (χ2n) is 7.17. The van der Waals surface area contributed by atoms with Crippen LogP contribution in [0.5, 0.6) is 0 Å². The van der Waals surface area contributed by atoms with Gasteiger partial charge in [0.25, 0.3) is 0 Å². The monoisotopic (exact) mass is 343 g/mol. The number of ether oxygens (including phenoxy) is 1. The van der Waals surface area contributed by atoms with Crippen LogP contribution in [-0.2, 0) is 16.8 Å². The Morgan fingerprint density at radius 1 is 1.17 bits per heavy atom. The summed E-state index contributed by atoms with van der Waals surface area (Å²) in [6.45, 7) is 1.68. The minimum absolute atomic E-state index is 0.000906. The molecule has 1 saturated carbocycles. The molecule has 4 nitrogen and oxygen atoms in total. The topological polar surface area (TPSA) is 49.8 Å². The lowest BCUT2D eigenvalue weighted by Crippen LogP contribution is -2.67. The standard InChI is InChI=1S/C19H21NO3S/c21-14-18-10-19(11-18,16-7-4-8-24-16)13-20(12-18)17(22)23-9-15-5-2-1-3-6-15/h1-8,21H,9-14H2. The van der Waals surface area contributed by atoms with E-state index in [1.54, 1.807) is 16.2 Å². The molecule has 0 radical (unpaired) electrons. The predicted molar refractivity (Wildman–Crippen MR) is 92.9 cm³/mol. The molecule has 1 N–H and O–H groups in total. The number of thiophene rings is 1. The molecule has 126 valence electrons. The highest BCUT2D eigenvalue weighted by Gasteiger charge is 2.61. The molecule has 2 aliphatic heterocycles. The molecule has 5 heteroatoms. The Morgan fingerprint density at radius 2 is 1.96 bits per heavy atom. The van der Waals surface area contributed by atoms with Gasteiger partial charge < -0.3 is 14.7 Å². The lowest BCUT2D eigenvalue weighted by molar-refractivity contribution is -0.105. The lowest BCUT2D eigenvalue weighted by atomic mass is 9.49. The van der Waals surface area contributed by atoms with Crippen molar-refractivity contribution in [3.05, 3.63) is 58.3 Å². The van der Waals surface area contributed by atoms with E-state index in [1.165, 1.54) is 4.88 Å². The van der Waals surface area contributed by atoms with Crippen molar-refractivity contribution in [2.24, 2.45) is 5.41 Å². The Hall–Kier alpha value is -1.85. The van der Waals surface area contributed by atoms with Crippen LogP contribution in [0.2, 0.25) is 0 Å². The van der Waals surface area contributed by atoms with Crippen molar-refractivity contribution >= 4 is 17.4 Å². The molecular formula is C19H21NO3S. The molecule has 1 aromatic carbocycles. The molecule has 5 rings (SSSR count). The smallest absolute Gasteiger partial charge is 0.410 e. The molecule has 2 aromatic rings. The first-order valence-electron chi connectivity index (χ1n) is 8.25. The zero-order chi connectivity index (χ0) is 16.6. The quantitative estimate of drug-likeness (QED) is 0.925. The average Bonchev–Trinajstić information content (AvgIpc) is 3.15. The van der Waals surface area contributed by atoms with Crippen LogP contribution >= 0.6 is 11.3 Å². The van der Waals surface area contributed by atoms with Crippen molar-refractivity contribution in [1.82, 2.24) is 4.90 Å². The number of hydrogen-bond acceptors (Lipinski definition) is 4. The number of aliphatic hydroxyl groups excluding tert-OH is 1. The number of piperidine rings is 2. The van der Waals surface area contributed by atoms with Gasteiger partial charge in [0.05, 0.1) is 6.61 Å². The third-order valence-corrected chi connectivity index (χ3v) is 6.41. The first-order chi connectivity index (χ1) is 11.6. The van der Waals surface area contributed by atoms with Gasteiger partial charge >= 0.3 is 6.09 Å². The zero-order valence-corrected chi connectivity index (χ0v) is 14.3. The molecule has 0 unspecified atom stereocenters. The number of nitrogens with zero attached hydrogens (tertiary/aromatic N) is 1. The van der Waals surface area contributed by atoms with E-state index in [-0.39, 0.29) is 30.1 Å². The second kappa shape index (κ2) is 5.90. The minimum Gasteiger partial charge on any atom is -0.445 e. The maximum atomic E-state index is 12.5. The highest BCUT2D eigenvalue weighted by molar-refractivity contribution is 7.10. The summed E-state index contributed by atoms with van der Waals surface area (Å²) in [6, 6.07) is 13.9.